The summed E-state index contributed by atoms with van der Waals surface area (Å²) in [4.78, 5) is 0. The minimum atomic E-state index is -0.435. The zero-order chi connectivity index (χ0) is 39.3. The number of fused-ring (bicyclic) bond motifs is 7. The third-order valence-electron chi connectivity index (χ3n) is 9.52. The van der Waals surface area contributed by atoms with E-state index in [0.717, 1.165) is 43.8 Å². The lowest BCUT2D eigenvalue weighted by molar-refractivity contribution is 0.672. The first-order valence-corrected chi connectivity index (χ1v) is 16.2. The molecule has 0 N–H and O–H groups in total. The summed E-state index contributed by atoms with van der Waals surface area (Å²) in [6.07, 6.45) is 0. The lowest BCUT2D eigenvalue weighted by Crippen LogP contribution is -1.91. The van der Waals surface area contributed by atoms with E-state index in [2.05, 4.69) is 24.3 Å². The predicted octanol–water partition coefficient (Wildman–Crippen LogP) is 13.7. The van der Waals surface area contributed by atoms with Crippen LogP contribution in [0.5, 0.6) is 0 Å². The second-order valence-electron chi connectivity index (χ2n) is 12.2. The monoisotopic (exact) mass is 630 g/mol. The number of furan rings is 1. The van der Waals surface area contributed by atoms with Gasteiger partial charge in [0.15, 0.2) is 0 Å². The van der Waals surface area contributed by atoms with Gasteiger partial charge >= 0.3 is 0 Å². The van der Waals surface area contributed by atoms with Gasteiger partial charge in [-0.1, -0.05) is 164 Å². The molecule has 0 amide bonds. The van der Waals surface area contributed by atoms with E-state index in [0.29, 0.717) is 33.4 Å². The first-order valence-electron chi connectivity index (χ1n) is 20.2. The van der Waals surface area contributed by atoms with Crippen LogP contribution < -0.4 is 0 Å². The molecule has 228 valence electrons. The Labute approximate surface area is 295 Å². The fourth-order valence-electron chi connectivity index (χ4n) is 7.18. The van der Waals surface area contributed by atoms with Gasteiger partial charge in [0.05, 0.1) is 11.0 Å². The molecule has 0 bridgehead atoms. The van der Waals surface area contributed by atoms with Gasteiger partial charge in [0, 0.05) is 16.2 Å². The largest absolute Gasteiger partial charge is 0.455 e. The molecule has 1 nitrogen and oxygen atoms in total. The van der Waals surface area contributed by atoms with Gasteiger partial charge in [-0.05, 0) is 89.6 Å². The molecule has 9 aromatic carbocycles. The minimum absolute atomic E-state index is 0.173. The Morgan fingerprint density at radius 2 is 0.837 bits per heavy atom. The van der Waals surface area contributed by atoms with Crippen molar-refractivity contribution < 1.29 is 15.4 Å². The Morgan fingerprint density at radius 1 is 0.347 bits per heavy atom. The molecule has 1 heterocycles. The van der Waals surface area contributed by atoms with Crippen LogP contribution in [0.15, 0.2) is 186 Å². The summed E-state index contributed by atoms with van der Waals surface area (Å²) in [6, 6.07) is 40.5. The molecule has 0 spiro atoms. The topological polar surface area (TPSA) is 13.1 Å². The zero-order valence-corrected chi connectivity index (χ0v) is 26.1. The maximum Gasteiger partial charge on any atom is 0.143 e. The fourth-order valence-corrected chi connectivity index (χ4v) is 7.18. The van der Waals surface area contributed by atoms with E-state index in [4.69, 9.17) is 9.90 Å². The molecule has 0 aliphatic rings. The Balaban J connectivity index is 1.26. The highest BCUT2D eigenvalue weighted by Crippen LogP contribution is 2.45. The molecule has 0 fully saturated rings. The van der Waals surface area contributed by atoms with Gasteiger partial charge in [-0.15, -0.1) is 0 Å². The van der Waals surface area contributed by atoms with Crippen LogP contribution in [-0.2, 0) is 0 Å². The molecule has 0 atom stereocenters. The van der Waals surface area contributed by atoms with Gasteiger partial charge in [0.1, 0.15) is 11.2 Å². The van der Waals surface area contributed by atoms with E-state index in [-0.39, 0.29) is 45.7 Å². The Bertz CT molecular complexity index is 3220. The predicted molar refractivity (Wildman–Crippen MR) is 208 cm³/mol. The van der Waals surface area contributed by atoms with Crippen molar-refractivity contribution in [2.75, 3.05) is 0 Å². The molecule has 0 saturated heterocycles. The van der Waals surface area contributed by atoms with Crippen LogP contribution in [0, 0.1) is 0 Å². The molecule has 1 aromatic heterocycles. The highest BCUT2D eigenvalue weighted by atomic mass is 16.3. The summed E-state index contributed by atoms with van der Waals surface area (Å²) in [7, 11) is 0. The molecule has 1 heteroatoms. The standard InChI is InChI=1S/C48H30O/c1-2-10-31(11-3-1)32-18-20-33(21-19-32)34-22-24-36(25-23-34)46-39-14-6-8-16-41(39)47(42-17-9-7-15-40(42)46)37-27-29-45-44(30-37)43-28-26-35-12-4-5-13-38(35)48(43)49-45/h1-30H/i6D,7D,8D,9D,14D,15D,16D,17D. The van der Waals surface area contributed by atoms with Crippen molar-refractivity contribution in [2.45, 2.75) is 0 Å². The summed E-state index contributed by atoms with van der Waals surface area (Å²) >= 11 is 0. The van der Waals surface area contributed by atoms with Crippen molar-refractivity contribution in [3.8, 4) is 44.5 Å². The van der Waals surface area contributed by atoms with Crippen LogP contribution in [-0.4, -0.2) is 0 Å². The molecule has 0 aliphatic heterocycles. The number of benzene rings is 9. The van der Waals surface area contributed by atoms with Gasteiger partial charge in [0.25, 0.3) is 0 Å². The summed E-state index contributed by atoms with van der Waals surface area (Å²) in [5, 5.41) is 4.30. The van der Waals surface area contributed by atoms with Gasteiger partial charge in [0.2, 0.25) is 0 Å². The minimum Gasteiger partial charge on any atom is -0.455 e. The quantitative estimate of drug-likeness (QED) is 0.176. The molecular formula is C48H30O. The lowest BCUT2D eigenvalue weighted by Gasteiger charge is -2.18. The maximum absolute atomic E-state index is 9.35. The second kappa shape index (κ2) is 11.1. The highest BCUT2D eigenvalue weighted by Gasteiger charge is 2.18. The first-order chi connectivity index (χ1) is 27.6. The number of hydrogen-bond acceptors (Lipinski definition) is 1. The smallest absolute Gasteiger partial charge is 0.143 e. The zero-order valence-electron chi connectivity index (χ0n) is 34.1. The lowest BCUT2D eigenvalue weighted by atomic mass is 9.85. The first kappa shape index (κ1) is 20.7. The van der Waals surface area contributed by atoms with E-state index < -0.39 is 24.2 Å². The molecule has 0 saturated carbocycles. The fraction of sp³-hybridized carbons (Fsp3) is 0. The van der Waals surface area contributed by atoms with Crippen molar-refractivity contribution in [3.05, 3.63) is 182 Å². The molecule has 10 aromatic rings. The van der Waals surface area contributed by atoms with Gasteiger partial charge in [-0.3, -0.25) is 0 Å². The van der Waals surface area contributed by atoms with Crippen LogP contribution in [0.3, 0.4) is 0 Å². The number of hydrogen-bond donors (Lipinski definition) is 0. The van der Waals surface area contributed by atoms with Crippen molar-refractivity contribution in [2.24, 2.45) is 0 Å². The summed E-state index contributed by atoms with van der Waals surface area (Å²) < 4.78 is 78.9. The van der Waals surface area contributed by atoms with Gasteiger partial charge < -0.3 is 4.42 Å². The molecule has 10 rings (SSSR count). The summed E-state index contributed by atoms with van der Waals surface area (Å²) in [5.41, 5.74) is 7.13. The molecule has 0 aliphatic carbocycles. The van der Waals surface area contributed by atoms with Gasteiger partial charge in [-0.2, -0.15) is 0 Å². The highest BCUT2D eigenvalue weighted by molar-refractivity contribution is 6.22. The van der Waals surface area contributed by atoms with Crippen LogP contribution in [0.2, 0.25) is 0 Å². The van der Waals surface area contributed by atoms with E-state index >= 15 is 0 Å². The Kier molecular flexibility index (Phi) is 4.69. The van der Waals surface area contributed by atoms with Crippen LogP contribution in [0.4, 0.5) is 0 Å². The molecule has 0 radical (unpaired) electrons. The molecular weight excluding hydrogens is 593 g/mol. The molecule has 49 heavy (non-hydrogen) atoms. The third kappa shape index (κ3) is 4.47. The second-order valence-corrected chi connectivity index (χ2v) is 12.2. The van der Waals surface area contributed by atoms with Gasteiger partial charge in [-0.25, -0.2) is 0 Å². The number of rotatable bonds is 4. The van der Waals surface area contributed by atoms with Crippen LogP contribution >= 0.6 is 0 Å². The van der Waals surface area contributed by atoms with Crippen molar-refractivity contribution in [3.63, 3.8) is 0 Å². The Morgan fingerprint density at radius 3 is 1.45 bits per heavy atom. The summed E-state index contributed by atoms with van der Waals surface area (Å²) in [6.45, 7) is 0. The average Bonchev–Trinajstić information content (AvgIpc) is 3.64. The van der Waals surface area contributed by atoms with E-state index in [9.17, 15) is 5.48 Å². The van der Waals surface area contributed by atoms with E-state index in [1.807, 2.05) is 103 Å². The SMILES string of the molecule is [2H]c1c([2H])c([2H])c2c(-c3ccc4oc5c6ccccc6ccc5c4c3)c3c([2H])c([2H])c([2H])c([2H])c3c(-c3ccc(-c4ccc(-c5ccccc5)cc4)cc3)c2c1[2H]. The maximum atomic E-state index is 9.35. The van der Waals surface area contributed by atoms with Crippen LogP contribution in [0.1, 0.15) is 11.0 Å². The summed E-state index contributed by atoms with van der Waals surface area (Å²) in [5.74, 6) is 0. The Hall–Kier alpha value is -6.44. The van der Waals surface area contributed by atoms with Crippen molar-refractivity contribution in [1.29, 1.82) is 0 Å². The molecule has 0 unspecified atom stereocenters. The average molecular weight is 631 g/mol. The van der Waals surface area contributed by atoms with E-state index in [1.54, 1.807) is 6.07 Å². The normalized spacial score (nSPS) is 14.0. The van der Waals surface area contributed by atoms with Crippen LogP contribution in [0.25, 0.3) is 98.8 Å². The van der Waals surface area contributed by atoms with Crippen molar-refractivity contribution in [1.82, 2.24) is 0 Å². The third-order valence-corrected chi connectivity index (χ3v) is 9.52. The van der Waals surface area contributed by atoms with Crippen molar-refractivity contribution >= 4 is 54.3 Å². The van der Waals surface area contributed by atoms with E-state index in [1.165, 1.54) is 0 Å².